The zero-order valence-corrected chi connectivity index (χ0v) is 12.0. The summed E-state index contributed by atoms with van der Waals surface area (Å²) in [5.74, 6) is 1.05. The number of nitrogens with zero attached hydrogens (tertiary/aromatic N) is 2. The minimum atomic E-state index is 0.228. The molecule has 0 aliphatic heterocycles. The third-order valence-corrected chi connectivity index (χ3v) is 3.48. The van der Waals surface area contributed by atoms with E-state index in [2.05, 4.69) is 35.1 Å². The Morgan fingerprint density at radius 2 is 2.26 bits per heavy atom. The van der Waals surface area contributed by atoms with Crippen molar-refractivity contribution in [3.05, 3.63) is 23.9 Å². The molecule has 0 aromatic carbocycles. The first kappa shape index (κ1) is 14.3. The Kier molecular flexibility index (Phi) is 5.16. The maximum absolute atomic E-state index is 9.04. The van der Waals surface area contributed by atoms with Gasteiger partial charge in [-0.2, -0.15) is 0 Å². The molecule has 1 aromatic heterocycles. The number of aliphatic hydroxyl groups is 1. The van der Waals surface area contributed by atoms with E-state index in [4.69, 9.17) is 5.11 Å². The number of anilines is 1. The standard InChI is InChI=1S/C15H25N3O/c1-12(2)18(9-4-10-19)15-13(5-3-8-16-15)11-17-14-6-7-14/h3,5,8,12,14,17,19H,4,6-7,9-11H2,1-2H3. The van der Waals surface area contributed by atoms with Gasteiger partial charge in [0.2, 0.25) is 0 Å². The van der Waals surface area contributed by atoms with Crippen LogP contribution in [0, 0.1) is 0 Å². The van der Waals surface area contributed by atoms with Crippen LogP contribution in [-0.2, 0) is 6.54 Å². The molecule has 0 atom stereocenters. The van der Waals surface area contributed by atoms with Crippen molar-refractivity contribution in [2.24, 2.45) is 0 Å². The van der Waals surface area contributed by atoms with E-state index in [-0.39, 0.29) is 6.61 Å². The van der Waals surface area contributed by atoms with E-state index in [1.54, 1.807) is 0 Å². The summed E-state index contributed by atoms with van der Waals surface area (Å²) in [6, 6.07) is 5.24. The van der Waals surface area contributed by atoms with Gasteiger partial charge >= 0.3 is 0 Å². The smallest absolute Gasteiger partial charge is 0.133 e. The predicted molar refractivity (Wildman–Crippen MR) is 78.3 cm³/mol. The van der Waals surface area contributed by atoms with Gasteiger partial charge in [0.15, 0.2) is 0 Å². The van der Waals surface area contributed by atoms with Crippen LogP contribution in [0.1, 0.15) is 38.7 Å². The van der Waals surface area contributed by atoms with E-state index in [9.17, 15) is 0 Å². The maximum atomic E-state index is 9.04. The molecule has 1 aliphatic carbocycles. The number of aromatic nitrogens is 1. The Hall–Kier alpha value is -1.13. The van der Waals surface area contributed by atoms with Gasteiger partial charge in [0.05, 0.1) is 0 Å². The molecule has 1 aromatic rings. The summed E-state index contributed by atoms with van der Waals surface area (Å²) in [5, 5.41) is 12.6. The van der Waals surface area contributed by atoms with Crippen molar-refractivity contribution in [2.75, 3.05) is 18.1 Å². The second-order valence-electron chi connectivity index (χ2n) is 5.51. The van der Waals surface area contributed by atoms with Gasteiger partial charge in [-0.05, 0) is 39.2 Å². The molecule has 4 heteroatoms. The topological polar surface area (TPSA) is 48.4 Å². The molecule has 19 heavy (non-hydrogen) atoms. The second kappa shape index (κ2) is 6.87. The van der Waals surface area contributed by atoms with Crippen molar-refractivity contribution in [1.29, 1.82) is 0 Å². The maximum Gasteiger partial charge on any atom is 0.133 e. The summed E-state index contributed by atoms with van der Waals surface area (Å²) in [4.78, 5) is 6.83. The third kappa shape index (κ3) is 4.18. The van der Waals surface area contributed by atoms with Crippen LogP contribution >= 0.6 is 0 Å². The molecule has 2 rings (SSSR count). The average Bonchev–Trinajstić information content (AvgIpc) is 3.21. The number of aliphatic hydroxyl groups excluding tert-OH is 1. The minimum absolute atomic E-state index is 0.228. The lowest BCUT2D eigenvalue weighted by molar-refractivity contribution is 0.288. The van der Waals surface area contributed by atoms with Crippen LogP contribution in [0.2, 0.25) is 0 Å². The van der Waals surface area contributed by atoms with Crippen LogP contribution in [0.4, 0.5) is 5.82 Å². The summed E-state index contributed by atoms with van der Waals surface area (Å²) in [7, 11) is 0. The molecule has 0 unspecified atom stereocenters. The van der Waals surface area contributed by atoms with Crippen molar-refractivity contribution in [3.8, 4) is 0 Å². The Bertz CT molecular complexity index is 391. The highest BCUT2D eigenvalue weighted by atomic mass is 16.3. The molecule has 0 saturated heterocycles. The van der Waals surface area contributed by atoms with Gasteiger partial charge in [-0.15, -0.1) is 0 Å². The molecule has 4 nitrogen and oxygen atoms in total. The van der Waals surface area contributed by atoms with Gasteiger partial charge in [-0.1, -0.05) is 6.07 Å². The van der Waals surface area contributed by atoms with E-state index >= 15 is 0 Å². The number of pyridine rings is 1. The average molecular weight is 263 g/mol. The molecule has 1 fully saturated rings. The molecule has 0 amide bonds. The Balaban J connectivity index is 2.09. The zero-order chi connectivity index (χ0) is 13.7. The number of hydrogen-bond donors (Lipinski definition) is 2. The molecule has 2 N–H and O–H groups in total. The highest BCUT2D eigenvalue weighted by Crippen LogP contribution is 2.23. The molecule has 0 bridgehead atoms. The number of nitrogens with one attached hydrogen (secondary N) is 1. The summed E-state index contributed by atoms with van der Waals surface area (Å²) < 4.78 is 0. The summed E-state index contributed by atoms with van der Waals surface area (Å²) in [6.07, 6.45) is 5.23. The van der Waals surface area contributed by atoms with Crippen molar-refractivity contribution in [2.45, 2.75) is 51.7 Å². The fraction of sp³-hybridized carbons (Fsp3) is 0.667. The first-order chi connectivity index (χ1) is 9.22. The number of rotatable bonds is 8. The summed E-state index contributed by atoms with van der Waals surface area (Å²) in [6.45, 7) is 6.30. The Morgan fingerprint density at radius 1 is 1.47 bits per heavy atom. The Morgan fingerprint density at radius 3 is 2.89 bits per heavy atom. The van der Waals surface area contributed by atoms with Crippen molar-refractivity contribution >= 4 is 5.82 Å². The lowest BCUT2D eigenvalue weighted by Crippen LogP contribution is -2.34. The van der Waals surface area contributed by atoms with E-state index in [0.717, 1.165) is 25.3 Å². The lowest BCUT2D eigenvalue weighted by Gasteiger charge is -2.29. The van der Waals surface area contributed by atoms with Crippen LogP contribution in [0.3, 0.4) is 0 Å². The monoisotopic (exact) mass is 263 g/mol. The molecule has 0 radical (unpaired) electrons. The second-order valence-corrected chi connectivity index (χ2v) is 5.51. The van der Waals surface area contributed by atoms with Gasteiger partial charge in [-0.25, -0.2) is 4.98 Å². The summed E-state index contributed by atoms with van der Waals surface area (Å²) >= 11 is 0. The normalized spacial score (nSPS) is 14.9. The SMILES string of the molecule is CC(C)N(CCCO)c1ncccc1CNC1CC1. The largest absolute Gasteiger partial charge is 0.396 e. The van der Waals surface area contributed by atoms with Gasteiger partial charge in [0.25, 0.3) is 0 Å². The molecular weight excluding hydrogens is 238 g/mol. The fourth-order valence-corrected chi connectivity index (χ4v) is 2.22. The quantitative estimate of drug-likeness (QED) is 0.752. The highest BCUT2D eigenvalue weighted by molar-refractivity contribution is 5.47. The molecule has 1 saturated carbocycles. The number of hydrogen-bond acceptors (Lipinski definition) is 4. The van der Waals surface area contributed by atoms with E-state index < -0.39 is 0 Å². The molecule has 106 valence electrons. The molecule has 1 heterocycles. The van der Waals surface area contributed by atoms with Gasteiger partial charge < -0.3 is 15.3 Å². The van der Waals surface area contributed by atoms with Gasteiger partial charge in [0.1, 0.15) is 5.82 Å². The van der Waals surface area contributed by atoms with Crippen molar-refractivity contribution in [1.82, 2.24) is 10.3 Å². The molecular formula is C15H25N3O. The van der Waals surface area contributed by atoms with Gasteiger partial charge in [0, 0.05) is 43.5 Å². The van der Waals surface area contributed by atoms with Crippen LogP contribution in [0.5, 0.6) is 0 Å². The minimum Gasteiger partial charge on any atom is -0.396 e. The van der Waals surface area contributed by atoms with Crippen LogP contribution in [0.25, 0.3) is 0 Å². The van der Waals surface area contributed by atoms with Gasteiger partial charge in [-0.3, -0.25) is 0 Å². The summed E-state index contributed by atoms with van der Waals surface area (Å²) in [5.41, 5.74) is 1.25. The first-order valence-corrected chi connectivity index (χ1v) is 7.27. The highest BCUT2D eigenvalue weighted by Gasteiger charge is 2.21. The zero-order valence-electron chi connectivity index (χ0n) is 12.0. The fourth-order valence-electron chi connectivity index (χ4n) is 2.22. The van der Waals surface area contributed by atoms with Crippen molar-refractivity contribution in [3.63, 3.8) is 0 Å². The molecule has 0 spiro atoms. The van der Waals surface area contributed by atoms with E-state index in [1.807, 2.05) is 12.3 Å². The van der Waals surface area contributed by atoms with Crippen LogP contribution in [0.15, 0.2) is 18.3 Å². The molecule has 1 aliphatic rings. The third-order valence-electron chi connectivity index (χ3n) is 3.48. The lowest BCUT2D eigenvalue weighted by atomic mass is 10.2. The van der Waals surface area contributed by atoms with E-state index in [1.165, 1.54) is 18.4 Å². The van der Waals surface area contributed by atoms with E-state index in [0.29, 0.717) is 12.1 Å². The Labute approximate surface area is 115 Å². The van der Waals surface area contributed by atoms with Crippen LogP contribution < -0.4 is 10.2 Å². The first-order valence-electron chi connectivity index (χ1n) is 7.27. The van der Waals surface area contributed by atoms with Crippen molar-refractivity contribution < 1.29 is 5.11 Å². The van der Waals surface area contributed by atoms with Crippen LogP contribution in [-0.4, -0.2) is 35.3 Å². The predicted octanol–water partition coefficient (Wildman–Crippen LogP) is 1.93.